The highest BCUT2D eigenvalue weighted by atomic mass is 16.5. The zero-order valence-corrected chi connectivity index (χ0v) is 8.80. The number of pyridine rings is 1. The number of aryl methyl sites for hydroxylation is 1. The van der Waals surface area contributed by atoms with Crippen LogP contribution >= 0.6 is 0 Å². The number of amides is 1. The zero-order valence-electron chi connectivity index (χ0n) is 8.80. The van der Waals surface area contributed by atoms with Crippen LogP contribution in [0.25, 0.3) is 0 Å². The summed E-state index contributed by atoms with van der Waals surface area (Å²) in [6, 6.07) is 5.28. The van der Waals surface area contributed by atoms with Crippen molar-refractivity contribution in [2.75, 3.05) is 0 Å². The number of nitrogens with zero attached hydrogens (tertiary/aromatic N) is 2. The maximum Gasteiger partial charge on any atom is 0.273 e. The average molecular weight is 217 g/mol. The van der Waals surface area contributed by atoms with Gasteiger partial charge in [0.25, 0.3) is 5.91 Å². The first-order valence-corrected chi connectivity index (χ1v) is 4.86. The van der Waals surface area contributed by atoms with E-state index in [1.165, 1.54) is 0 Å². The third kappa shape index (κ3) is 2.44. The molecule has 0 fully saturated rings. The molecule has 0 saturated heterocycles. The molecule has 2 rings (SSSR count). The van der Waals surface area contributed by atoms with Crippen LogP contribution in [0.15, 0.2) is 35.1 Å². The highest BCUT2D eigenvalue weighted by Crippen LogP contribution is 2.02. The Hall–Kier alpha value is -2.17. The number of hydrogen-bond donors (Lipinski definition) is 1. The number of carbonyl (C=O) groups is 1. The van der Waals surface area contributed by atoms with E-state index in [1.54, 1.807) is 25.4 Å². The molecule has 0 spiro atoms. The van der Waals surface area contributed by atoms with Crippen molar-refractivity contribution in [3.63, 3.8) is 0 Å². The fourth-order valence-corrected chi connectivity index (χ4v) is 1.25. The lowest BCUT2D eigenvalue weighted by atomic mass is 10.2. The molecule has 0 aliphatic heterocycles. The summed E-state index contributed by atoms with van der Waals surface area (Å²) in [5, 5.41) is 6.37. The number of aromatic nitrogens is 2. The molecule has 5 nitrogen and oxygen atoms in total. The highest BCUT2D eigenvalue weighted by molar-refractivity contribution is 5.92. The molecule has 2 heterocycles. The Balaban J connectivity index is 1.94. The molecule has 0 saturated carbocycles. The standard InChI is InChI=1S/C11H11N3O2/c1-8-6-10(14-16-8)11(15)13-7-9-2-4-12-5-3-9/h2-6H,7H2,1H3,(H,13,15). The molecule has 0 aliphatic carbocycles. The fourth-order valence-electron chi connectivity index (χ4n) is 1.25. The highest BCUT2D eigenvalue weighted by Gasteiger charge is 2.09. The van der Waals surface area contributed by atoms with E-state index in [1.807, 2.05) is 12.1 Å². The van der Waals surface area contributed by atoms with E-state index in [0.29, 0.717) is 18.0 Å². The van der Waals surface area contributed by atoms with Crippen LogP contribution in [-0.4, -0.2) is 16.0 Å². The fraction of sp³-hybridized carbons (Fsp3) is 0.182. The smallest absolute Gasteiger partial charge is 0.273 e. The quantitative estimate of drug-likeness (QED) is 0.841. The lowest BCUT2D eigenvalue weighted by Crippen LogP contribution is -2.22. The van der Waals surface area contributed by atoms with Crippen molar-refractivity contribution < 1.29 is 9.32 Å². The monoisotopic (exact) mass is 217 g/mol. The zero-order chi connectivity index (χ0) is 11.4. The van der Waals surface area contributed by atoms with Crippen LogP contribution in [-0.2, 0) is 6.54 Å². The summed E-state index contributed by atoms with van der Waals surface area (Å²) >= 11 is 0. The molecule has 5 heteroatoms. The molecular weight excluding hydrogens is 206 g/mol. The first-order chi connectivity index (χ1) is 7.75. The van der Waals surface area contributed by atoms with E-state index < -0.39 is 0 Å². The van der Waals surface area contributed by atoms with Gasteiger partial charge in [0, 0.05) is 25.0 Å². The molecule has 16 heavy (non-hydrogen) atoms. The second kappa shape index (κ2) is 4.57. The Morgan fingerprint density at radius 2 is 2.19 bits per heavy atom. The summed E-state index contributed by atoms with van der Waals surface area (Å²) in [4.78, 5) is 15.5. The van der Waals surface area contributed by atoms with Crippen molar-refractivity contribution in [3.05, 3.63) is 47.6 Å². The first-order valence-electron chi connectivity index (χ1n) is 4.86. The van der Waals surface area contributed by atoms with Crippen LogP contribution in [0.2, 0.25) is 0 Å². The molecule has 1 amide bonds. The van der Waals surface area contributed by atoms with Crippen molar-refractivity contribution in [3.8, 4) is 0 Å². The Kier molecular flexibility index (Phi) is 2.95. The first kappa shape index (κ1) is 10.4. The van der Waals surface area contributed by atoms with Crippen LogP contribution in [0.3, 0.4) is 0 Å². The average Bonchev–Trinajstić information content (AvgIpc) is 2.74. The molecule has 0 unspecified atom stereocenters. The number of rotatable bonds is 3. The van der Waals surface area contributed by atoms with Crippen molar-refractivity contribution >= 4 is 5.91 Å². The van der Waals surface area contributed by atoms with E-state index in [-0.39, 0.29) is 5.91 Å². The van der Waals surface area contributed by atoms with Gasteiger partial charge in [-0.05, 0) is 24.6 Å². The maximum atomic E-state index is 11.6. The normalized spacial score (nSPS) is 10.1. The van der Waals surface area contributed by atoms with Gasteiger partial charge in [-0.2, -0.15) is 0 Å². The van der Waals surface area contributed by atoms with Gasteiger partial charge >= 0.3 is 0 Å². The third-order valence-electron chi connectivity index (χ3n) is 2.06. The Labute approximate surface area is 92.5 Å². The van der Waals surface area contributed by atoms with Gasteiger partial charge in [0.2, 0.25) is 0 Å². The lowest BCUT2D eigenvalue weighted by molar-refractivity contribution is 0.0942. The summed E-state index contributed by atoms with van der Waals surface area (Å²) in [5.74, 6) is 0.378. The van der Waals surface area contributed by atoms with Gasteiger partial charge < -0.3 is 9.84 Å². The lowest BCUT2D eigenvalue weighted by Gasteiger charge is -2.01. The summed E-state index contributed by atoms with van der Waals surface area (Å²) in [6.45, 7) is 2.19. The van der Waals surface area contributed by atoms with Gasteiger partial charge in [0.15, 0.2) is 5.69 Å². The minimum absolute atomic E-state index is 0.242. The molecule has 0 bridgehead atoms. The topological polar surface area (TPSA) is 68.0 Å². The molecule has 2 aromatic heterocycles. The van der Waals surface area contributed by atoms with E-state index in [4.69, 9.17) is 4.52 Å². The van der Waals surface area contributed by atoms with Crippen LogP contribution in [0.1, 0.15) is 21.8 Å². The number of hydrogen-bond acceptors (Lipinski definition) is 4. The van der Waals surface area contributed by atoms with Gasteiger partial charge in [-0.25, -0.2) is 0 Å². The molecule has 0 aromatic carbocycles. The van der Waals surface area contributed by atoms with Crippen LogP contribution in [0, 0.1) is 6.92 Å². The van der Waals surface area contributed by atoms with Crippen LogP contribution in [0.5, 0.6) is 0 Å². The predicted molar refractivity (Wildman–Crippen MR) is 56.6 cm³/mol. The van der Waals surface area contributed by atoms with E-state index in [0.717, 1.165) is 5.56 Å². The van der Waals surface area contributed by atoms with Crippen molar-refractivity contribution in [1.82, 2.24) is 15.5 Å². The second-order valence-electron chi connectivity index (χ2n) is 3.36. The van der Waals surface area contributed by atoms with Crippen molar-refractivity contribution in [2.24, 2.45) is 0 Å². The summed E-state index contributed by atoms with van der Waals surface area (Å²) < 4.78 is 4.82. The van der Waals surface area contributed by atoms with Crippen molar-refractivity contribution in [1.29, 1.82) is 0 Å². The summed E-state index contributed by atoms with van der Waals surface area (Å²) in [5.41, 5.74) is 1.29. The number of carbonyl (C=O) groups excluding carboxylic acids is 1. The third-order valence-corrected chi connectivity index (χ3v) is 2.06. The maximum absolute atomic E-state index is 11.6. The number of nitrogens with one attached hydrogen (secondary N) is 1. The largest absolute Gasteiger partial charge is 0.361 e. The van der Waals surface area contributed by atoms with Gasteiger partial charge in [0.05, 0.1) is 0 Å². The predicted octanol–water partition coefficient (Wildman–Crippen LogP) is 1.31. The molecular formula is C11H11N3O2. The molecule has 0 radical (unpaired) electrons. The Bertz CT molecular complexity index is 479. The van der Waals surface area contributed by atoms with Crippen molar-refractivity contribution in [2.45, 2.75) is 13.5 Å². The van der Waals surface area contributed by atoms with E-state index in [9.17, 15) is 4.79 Å². The van der Waals surface area contributed by atoms with E-state index in [2.05, 4.69) is 15.5 Å². The molecule has 0 atom stereocenters. The molecule has 0 aliphatic rings. The Morgan fingerprint density at radius 3 is 2.81 bits per heavy atom. The van der Waals surface area contributed by atoms with Gasteiger partial charge in [-0.1, -0.05) is 5.16 Å². The minimum Gasteiger partial charge on any atom is -0.361 e. The molecule has 1 N–H and O–H groups in total. The minimum atomic E-state index is -0.242. The molecule has 2 aromatic rings. The Morgan fingerprint density at radius 1 is 1.44 bits per heavy atom. The van der Waals surface area contributed by atoms with Crippen LogP contribution in [0.4, 0.5) is 0 Å². The van der Waals surface area contributed by atoms with Crippen LogP contribution < -0.4 is 5.32 Å². The summed E-state index contributed by atoms with van der Waals surface area (Å²) in [6.07, 6.45) is 3.36. The summed E-state index contributed by atoms with van der Waals surface area (Å²) in [7, 11) is 0. The van der Waals surface area contributed by atoms with Gasteiger partial charge in [0.1, 0.15) is 5.76 Å². The molecule has 82 valence electrons. The second-order valence-corrected chi connectivity index (χ2v) is 3.36. The van der Waals surface area contributed by atoms with Gasteiger partial charge in [-0.3, -0.25) is 9.78 Å². The van der Waals surface area contributed by atoms with E-state index >= 15 is 0 Å². The van der Waals surface area contributed by atoms with Gasteiger partial charge in [-0.15, -0.1) is 0 Å². The SMILES string of the molecule is Cc1cc(C(=O)NCc2ccncc2)no1.